The van der Waals surface area contributed by atoms with Crippen molar-refractivity contribution in [3.63, 3.8) is 0 Å². The average Bonchev–Trinajstić information content (AvgIpc) is 2.44. The van der Waals surface area contributed by atoms with E-state index in [2.05, 4.69) is 22.3 Å². The Morgan fingerprint density at radius 2 is 2.05 bits per heavy atom. The molecule has 1 aromatic rings. The van der Waals surface area contributed by atoms with Gasteiger partial charge in [-0.05, 0) is 17.7 Å². The molecule has 3 rings (SSSR count). The zero-order valence-corrected chi connectivity index (χ0v) is 12.7. The fourth-order valence-electron chi connectivity index (χ4n) is 2.50. The van der Waals surface area contributed by atoms with Crippen molar-refractivity contribution in [3.05, 3.63) is 23.8 Å². The van der Waals surface area contributed by atoms with Crippen molar-refractivity contribution < 1.29 is 9.47 Å². The van der Waals surface area contributed by atoms with Gasteiger partial charge in [0.15, 0.2) is 11.5 Å². The Bertz CT molecular complexity index is 445. The van der Waals surface area contributed by atoms with Crippen LogP contribution in [0.2, 0.25) is 0 Å². The van der Waals surface area contributed by atoms with Gasteiger partial charge in [-0.2, -0.15) is 11.8 Å². The first-order chi connectivity index (χ1) is 9.85. The molecule has 110 valence electrons. The van der Waals surface area contributed by atoms with E-state index in [4.69, 9.17) is 9.47 Å². The summed E-state index contributed by atoms with van der Waals surface area (Å²) in [5, 5.41) is 3.38. The molecule has 0 saturated carbocycles. The minimum atomic E-state index is 0.350. The summed E-state index contributed by atoms with van der Waals surface area (Å²) >= 11 is 1.93. The number of nitrogens with one attached hydrogen (secondary N) is 1. The molecule has 0 atom stereocenters. The van der Waals surface area contributed by atoms with E-state index in [9.17, 15) is 0 Å². The van der Waals surface area contributed by atoms with Gasteiger partial charge in [0.1, 0.15) is 6.10 Å². The second-order valence-corrected chi connectivity index (χ2v) is 6.36. The van der Waals surface area contributed by atoms with Crippen molar-refractivity contribution in [2.75, 3.05) is 44.8 Å². The summed E-state index contributed by atoms with van der Waals surface area (Å²) in [6.07, 6.45) is 0.350. The molecule has 0 aromatic heterocycles. The van der Waals surface area contributed by atoms with Gasteiger partial charge < -0.3 is 14.8 Å². The molecule has 4 nitrogen and oxygen atoms in total. The lowest BCUT2D eigenvalue weighted by atomic mass is 10.1. The van der Waals surface area contributed by atoms with Crippen LogP contribution in [0.4, 0.5) is 0 Å². The quantitative estimate of drug-likeness (QED) is 0.892. The van der Waals surface area contributed by atoms with Gasteiger partial charge in [0, 0.05) is 44.2 Å². The minimum Gasteiger partial charge on any atom is -0.493 e. The third-order valence-corrected chi connectivity index (χ3v) is 4.96. The molecule has 0 bridgehead atoms. The predicted octanol–water partition coefficient (Wildman–Crippen LogP) is 1.59. The maximum Gasteiger partial charge on any atom is 0.161 e. The Morgan fingerprint density at radius 3 is 2.70 bits per heavy atom. The molecular formula is C15H22N2O2S. The Labute approximate surface area is 124 Å². The molecule has 0 spiro atoms. The maximum absolute atomic E-state index is 6.03. The first-order valence-electron chi connectivity index (χ1n) is 7.19. The number of piperazine rings is 1. The number of hydrogen-bond acceptors (Lipinski definition) is 5. The van der Waals surface area contributed by atoms with Crippen molar-refractivity contribution in [1.82, 2.24) is 10.2 Å². The zero-order chi connectivity index (χ0) is 13.8. The van der Waals surface area contributed by atoms with E-state index >= 15 is 0 Å². The second kappa shape index (κ2) is 6.70. The lowest BCUT2D eigenvalue weighted by molar-refractivity contribution is 0.223. The van der Waals surface area contributed by atoms with Crippen molar-refractivity contribution in [2.24, 2.45) is 0 Å². The lowest BCUT2D eigenvalue weighted by Gasteiger charge is -2.29. The van der Waals surface area contributed by atoms with Crippen LogP contribution in [0.3, 0.4) is 0 Å². The minimum absolute atomic E-state index is 0.350. The lowest BCUT2D eigenvalue weighted by Crippen LogP contribution is -2.42. The number of methoxy groups -OCH3 is 1. The highest BCUT2D eigenvalue weighted by Crippen LogP contribution is 2.32. The summed E-state index contributed by atoms with van der Waals surface area (Å²) in [5.41, 5.74) is 1.30. The van der Waals surface area contributed by atoms with Crippen LogP contribution < -0.4 is 14.8 Å². The van der Waals surface area contributed by atoms with Gasteiger partial charge in [0.2, 0.25) is 0 Å². The van der Waals surface area contributed by atoms with Gasteiger partial charge in [-0.15, -0.1) is 0 Å². The van der Waals surface area contributed by atoms with Crippen molar-refractivity contribution in [2.45, 2.75) is 12.6 Å². The SMILES string of the molecule is COc1ccc(CN2CCNCC2)cc1OC1CSC1. The molecule has 20 heavy (non-hydrogen) atoms. The fraction of sp³-hybridized carbons (Fsp3) is 0.600. The molecule has 0 aliphatic carbocycles. The van der Waals surface area contributed by atoms with Crippen LogP contribution in [-0.4, -0.2) is 55.8 Å². The van der Waals surface area contributed by atoms with Crippen LogP contribution in [0, 0.1) is 0 Å². The number of hydrogen-bond donors (Lipinski definition) is 1. The van der Waals surface area contributed by atoms with E-state index < -0.39 is 0 Å². The molecule has 1 aromatic carbocycles. The van der Waals surface area contributed by atoms with E-state index in [1.165, 1.54) is 5.56 Å². The van der Waals surface area contributed by atoms with Crippen LogP contribution in [0.1, 0.15) is 5.56 Å². The summed E-state index contributed by atoms with van der Waals surface area (Å²) in [7, 11) is 1.70. The van der Waals surface area contributed by atoms with E-state index in [1.54, 1.807) is 7.11 Å². The van der Waals surface area contributed by atoms with Crippen molar-refractivity contribution in [3.8, 4) is 11.5 Å². The van der Waals surface area contributed by atoms with Crippen molar-refractivity contribution >= 4 is 11.8 Å². The van der Waals surface area contributed by atoms with Gasteiger partial charge in [0.05, 0.1) is 7.11 Å². The summed E-state index contributed by atoms with van der Waals surface area (Å²) in [4.78, 5) is 2.47. The Morgan fingerprint density at radius 1 is 1.25 bits per heavy atom. The van der Waals surface area contributed by atoms with Crippen LogP contribution in [0.5, 0.6) is 11.5 Å². The summed E-state index contributed by atoms with van der Waals surface area (Å²) in [6, 6.07) is 6.31. The number of benzene rings is 1. The first-order valence-corrected chi connectivity index (χ1v) is 8.35. The Balaban J connectivity index is 1.68. The largest absolute Gasteiger partial charge is 0.493 e. The highest BCUT2D eigenvalue weighted by molar-refractivity contribution is 8.00. The smallest absolute Gasteiger partial charge is 0.161 e. The highest BCUT2D eigenvalue weighted by Gasteiger charge is 2.21. The second-order valence-electron chi connectivity index (χ2n) is 5.29. The highest BCUT2D eigenvalue weighted by atomic mass is 32.2. The van der Waals surface area contributed by atoms with Crippen molar-refractivity contribution in [1.29, 1.82) is 0 Å². The molecule has 2 aliphatic rings. The summed E-state index contributed by atoms with van der Waals surface area (Å²) in [5.74, 6) is 3.91. The predicted molar refractivity (Wildman–Crippen MR) is 82.9 cm³/mol. The molecule has 0 amide bonds. The Kier molecular flexibility index (Phi) is 4.70. The molecule has 0 radical (unpaired) electrons. The average molecular weight is 294 g/mol. The van der Waals surface area contributed by atoms with E-state index in [1.807, 2.05) is 17.8 Å². The van der Waals surface area contributed by atoms with Crippen LogP contribution in [0.15, 0.2) is 18.2 Å². The maximum atomic E-state index is 6.03. The van der Waals surface area contributed by atoms with E-state index in [0.29, 0.717) is 6.10 Å². The molecule has 2 saturated heterocycles. The number of nitrogens with zero attached hydrogens (tertiary/aromatic N) is 1. The summed E-state index contributed by atoms with van der Waals surface area (Å²) in [6.45, 7) is 5.38. The molecule has 0 unspecified atom stereocenters. The fourth-order valence-corrected chi connectivity index (χ4v) is 3.06. The number of thioether (sulfide) groups is 1. The van der Waals surface area contributed by atoms with E-state index in [0.717, 1.165) is 55.7 Å². The van der Waals surface area contributed by atoms with Crippen LogP contribution >= 0.6 is 11.8 Å². The van der Waals surface area contributed by atoms with Crippen LogP contribution in [0.25, 0.3) is 0 Å². The number of rotatable bonds is 5. The first kappa shape index (κ1) is 14.0. The standard InChI is InChI=1S/C15H22N2O2S/c1-18-14-3-2-12(9-17-6-4-16-5-7-17)8-15(14)19-13-10-20-11-13/h2-3,8,13,16H,4-7,9-11H2,1H3. The Hall–Kier alpha value is -0.910. The van der Waals surface area contributed by atoms with Gasteiger partial charge in [-0.1, -0.05) is 6.07 Å². The third-order valence-electron chi connectivity index (χ3n) is 3.74. The topological polar surface area (TPSA) is 33.7 Å². The van der Waals surface area contributed by atoms with E-state index in [-0.39, 0.29) is 0 Å². The van der Waals surface area contributed by atoms with Gasteiger partial charge >= 0.3 is 0 Å². The van der Waals surface area contributed by atoms with Crippen LogP contribution in [-0.2, 0) is 6.54 Å². The zero-order valence-electron chi connectivity index (χ0n) is 11.9. The molecule has 2 fully saturated rings. The third kappa shape index (κ3) is 3.40. The van der Waals surface area contributed by atoms with Gasteiger partial charge in [-0.3, -0.25) is 4.90 Å². The molecule has 2 heterocycles. The number of ether oxygens (including phenoxy) is 2. The van der Waals surface area contributed by atoms with Gasteiger partial charge in [-0.25, -0.2) is 0 Å². The molecular weight excluding hydrogens is 272 g/mol. The molecule has 1 N–H and O–H groups in total. The van der Waals surface area contributed by atoms with Gasteiger partial charge in [0.25, 0.3) is 0 Å². The molecule has 5 heteroatoms. The molecule has 2 aliphatic heterocycles. The monoisotopic (exact) mass is 294 g/mol. The summed E-state index contributed by atoms with van der Waals surface area (Å²) < 4.78 is 11.4. The normalized spacial score (nSPS) is 20.4.